The number of fused-ring (bicyclic) bond motifs is 1. The van der Waals surface area contributed by atoms with E-state index >= 15 is 0 Å². The molecule has 2 aliphatic rings. The summed E-state index contributed by atoms with van der Waals surface area (Å²) in [6, 6.07) is 20.4. The van der Waals surface area contributed by atoms with Crippen LogP contribution in [0.4, 0.5) is 5.82 Å². The minimum atomic E-state index is -0.0752. The van der Waals surface area contributed by atoms with Crippen molar-refractivity contribution in [2.24, 2.45) is 0 Å². The number of aromatic nitrogens is 2. The summed E-state index contributed by atoms with van der Waals surface area (Å²) in [4.78, 5) is 32.1. The van der Waals surface area contributed by atoms with Crippen LogP contribution in [-0.2, 0) is 9.59 Å². The molecule has 8 heteroatoms. The number of carbonyl (C=O) groups excluding carboxylic acids is 2. The minimum Gasteiger partial charge on any atom is -0.341 e. The third-order valence-corrected chi connectivity index (χ3v) is 9.82. The zero-order valence-electron chi connectivity index (χ0n) is 21.6. The van der Waals surface area contributed by atoms with Gasteiger partial charge in [0.05, 0.1) is 22.4 Å². The Hall–Kier alpha value is -3.36. The molecule has 6 rings (SSSR count). The molecular weight excluding hydrogens is 512 g/mol. The molecule has 1 atom stereocenters. The zero-order chi connectivity index (χ0) is 26.2. The van der Waals surface area contributed by atoms with E-state index in [1.165, 1.54) is 10.4 Å². The highest BCUT2D eigenvalue weighted by molar-refractivity contribution is 8.00. The number of anilines is 1. The average Bonchev–Trinajstić information content (AvgIpc) is 3.68. The lowest BCUT2D eigenvalue weighted by atomic mass is 10.0. The fourth-order valence-electron chi connectivity index (χ4n) is 5.36. The number of benzene rings is 2. The van der Waals surface area contributed by atoms with Crippen LogP contribution in [0.25, 0.3) is 16.9 Å². The number of hydrogen-bond donors (Lipinski definition) is 0. The molecule has 0 saturated carbocycles. The van der Waals surface area contributed by atoms with Gasteiger partial charge in [0.2, 0.25) is 11.8 Å². The van der Waals surface area contributed by atoms with E-state index in [4.69, 9.17) is 5.10 Å². The first-order valence-electron chi connectivity index (χ1n) is 13.0. The molecule has 1 unspecified atom stereocenters. The van der Waals surface area contributed by atoms with Crippen molar-refractivity contribution in [1.29, 1.82) is 0 Å². The largest absolute Gasteiger partial charge is 0.341 e. The van der Waals surface area contributed by atoms with E-state index < -0.39 is 0 Å². The van der Waals surface area contributed by atoms with E-state index in [9.17, 15) is 9.59 Å². The van der Waals surface area contributed by atoms with E-state index in [1.807, 2.05) is 46.0 Å². The van der Waals surface area contributed by atoms with Gasteiger partial charge in [0.1, 0.15) is 12.4 Å². The Morgan fingerprint density at radius 3 is 2.42 bits per heavy atom. The van der Waals surface area contributed by atoms with Crippen molar-refractivity contribution < 1.29 is 9.59 Å². The van der Waals surface area contributed by atoms with Gasteiger partial charge in [-0.15, -0.1) is 23.1 Å². The molecule has 0 N–H and O–H groups in total. The SMILES string of the molecule is Cc1ccccc1-n1nc(-c2ccccc2)c2c1N(CC(=O)N1CCCC1)C(=O)CSC2c1sccc1C. The quantitative estimate of drug-likeness (QED) is 0.310. The van der Waals surface area contributed by atoms with Gasteiger partial charge in [-0.25, -0.2) is 4.68 Å². The van der Waals surface area contributed by atoms with Crippen LogP contribution in [0.5, 0.6) is 0 Å². The van der Waals surface area contributed by atoms with Crippen LogP contribution in [-0.4, -0.2) is 51.9 Å². The van der Waals surface area contributed by atoms with Crippen molar-refractivity contribution in [3.05, 3.63) is 87.6 Å². The molecule has 1 fully saturated rings. The molecule has 38 heavy (non-hydrogen) atoms. The number of likely N-dealkylation sites (tertiary alicyclic amines) is 1. The second-order valence-electron chi connectivity index (χ2n) is 9.88. The first kappa shape index (κ1) is 24.9. The van der Waals surface area contributed by atoms with E-state index in [1.54, 1.807) is 28.0 Å². The molecule has 2 aliphatic heterocycles. The second kappa shape index (κ2) is 10.4. The summed E-state index contributed by atoms with van der Waals surface area (Å²) in [5, 5.41) is 7.24. The van der Waals surface area contributed by atoms with Crippen LogP contribution < -0.4 is 4.90 Å². The van der Waals surface area contributed by atoms with Crippen molar-refractivity contribution in [2.45, 2.75) is 31.9 Å². The van der Waals surface area contributed by atoms with Crippen molar-refractivity contribution in [2.75, 3.05) is 30.3 Å². The summed E-state index contributed by atoms with van der Waals surface area (Å²) in [6.45, 7) is 5.72. The van der Waals surface area contributed by atoms with Crippen LogP contribution in [0, 0.1) is 13.8 Å². The maximum Gasteiger partial charge on any atom is 0.242 e. The summed E-state index contributed by atoms with van der Waals surface area (Å²) in [7, 11) is 0. The number of hydrogen-bond acceptors (Lipinski definition) is 5. The van der Waals surface area contributed by atoms with E-state index in [0.29, 0.717) is 11.6 Å². The van der Waals surface area contributed by atoms with Crippen molar-refractivity contribution in [3.63, 3.8) is 0 Å². The second-order valence-corrected chi connectivity index (χ2v) is 11.9. The minimum absolute atomic E-state index is 0.00338. The van der Waals surface area contributed by atoms with Crippen LogP contribution in [0.1, 0.15) is 39.7 Å². The average molecular weight is 543 g/mol. The van der Waals surface area contributed by atoms with Gasteiger partial charge in [0, 0.05) is 29.1 Å². The highest BCUT2D eigenvalue weighted by Crippen LogP contribution is 2.50. The van der Waals surface area contributed by atoms with Gasteiger partial charge in [-0.05, 0) is 55.3 Å². The Morgan fingerprint density at radius 1 is 0.974 bits per heavy atom. The number of thioether (sulfide) groups is 1. The van der Waals surface area contributed by atoms with Crippen molar-refractivity contribution >= 4 is 40.7 Å². The van der Waals surface area contributed by atoms with Crippen LogP contribution in [0.3, 0.4) is 0 Å². The van der Waals surface area contributed by atoms with Gasteiger partial charge in [-0.2, -0.15) is 5.10 Å². The molecule has 0 bridgehead atoms. The third-order valence-electron chi connectivity index (χ3n) is 7.37. The van der Waals surface area contributed by atoms with E-state index in [0.717, 1.165) is 54.0 Å². The number of nitrogens with zero attached hydrogens (tertiary/aromatic N) is 4. The Balaban J connectivity index is 1.62. The van der Waals surface area contributed by atoms with Gasteiger partial charge < -0.3 is 4.90 Å². The molecule has 4 heterocycles. The van der Waals surface area contributed by atoms with Gasteiger partial charge in [0.25, 0.3) is 0 Å². The normalized spacial score (nSPS) is 17.5. The van der Waals surface area contributed by atoms with Crippen molar-refractivity contribution in [3.8, 4) is 16.9 Å². The molecule has 2 amide bonds. The summed E-state index contributed by atoms with van der Waals surface area (Å²) >= 11 is 3.35. The Labute approximate surface area is 231 Å². The first-order valence-corrected chi connectivity index (χ1v) is 14.9. The van der Waals surface area contributed by atoms with Crippen molar-refractivity contribution in [1.82, 2.24) is 14.7 Å². The Kier molecular flexibility index (Phi) is 6.84. The summed E-state index contributed by atoms with van der Waals surface area (Å²) in [5.74, 6) is 0.941. The molecule has 0 spiro atoms. The molecule has 0 aliphatic carbocycles. The van der Waals surface area contributed by atoms with E-state index in [2.05, 4.69) is 43.5 Å². The monoisotopic (exact) mass is 542 g/mol. The highest BCUT2D eigenvalue weighted by atomic mass is 32.2. The molecule has 194 valence electrons. The van der Waals surface area contributed by atoms with Crippen LogP contribution in [0.15, 0.2) is 66.0 Å². The lowest BCUT2D eigenvalue weighted by Crippen LogP contribution is -2.43. The van der Waals surface area contributed by atoms with Crippen LogP contribution in [0.2, 0.25) is 0 Å². The molecule has 0 radical (unpaired) electrons. The summed E-state index contributed by atoms with van der Waals surface area (Å²) in [6.07, 6.45) is 2.03. The summed E-state index contributed by atoms with van der Waals surface area (Å²) in [5.41, 5.74) is 6.01. The number of rotatable bonds is 5. The van der Waals surface area contributed by atoms with Gasteiger partial charge in [-0.1, -0.05) is 48.5 Å². The van der Waals surface area contributed by atoms with Gasteiger partial charge >= 0.3 is 0 Å². The molecule has 2 aromatic heterocycles. The lowest BCUT2D eigenvalue weighted by Gasteiger charge is -2.26. The Morgan fingerprint density at radius 2 is 1.71 bits per heavy atom. The summed E-state index contributed by atoms with van der Waals surface area (Å²) < 4.78 is 1.91. The predicted octanol–water partition coefficient (Wildman–Crippen LogP) is 6.01. The number of amides is 2. The zero-order valence-corrected chi connectivity index (χ0v) is 23.2. The smallest absolute Gasteiger partial charge is 0.242 e. The lowest BCUT2D eigenvalue weighted by molar-refractivity contribution is -0.130. The Bertz CT molecular complexity index is 1490. The third kappa shape index (κ3) is 4.46. The number of para-hydroxylation sites is 1. The topological polar surface area (TPSA) is 58.4 Å². The highest BCUT2D eigenvalue weighted by Gasteiger charge is 2.39. The molecule has 6 nitrogen and oxygen atoms in total. The number of carbonyl (C=O) groups is 2. The molecule has 1 saturated heterocycles. The predicted molar refractivity (Wildman–Crippen MR) is 155 cm³/mol. The fraction of sp³-hybridized carbons (Fsp3) is 0.300. The molecule has 4 aromatic rings. The standard InChI is InChI=1S/C30H30N4O2S2/c1-20-10-6-7-13-23(20)34-30-26(27(31-34)22-11-4-3-5-12-22)29(28-21(2)14-17-37-28)38-19-25(36)33(30)18-24(35)32-15-8-9-16-32/h3-7,10-14,17,29H,8-9,15-16,18-19H2,1-2H3. The fourth-order valence-corrected chi connectivity index (χ4v) is 7.83. The maximum atomic E-state index is 13.8. The van der Waals surface area contributed by atoms with Gasteiger partial charge in [-0.3, -0.25) is 14.5 Å². The number of aryl methyl sites for hydroxylation is 2. The number of thiophene rings is 1. The molecule has 2 aromatic carbocycles. The molecular formula is C30H30N4O2S2. The van der Waals surface area contributed by atoms with Gasteiger partial charge in [0.15, 0.2) is 0 Å². The van der Waals surface area contributed by atoms with Crippen LogP contribution >= 0.6 is 23.1 Å². The maximum absolute atomic E-state index is 13.8. The first-order chi connectivity index (χ1) is 18.5. The van der Waals surface area contributed by atoms with E-state index in [-0.39, 0.29) is 23.6 Å².